The van der Waals surface area contributed by atoms with Crippen molar-refractivity contribution in [3.63, 3.8) is 0 Å². The van der Waals surface area contributed by atoms with Gasteiger partial charge in [0.1, 0.15) is 5.71 Å². The van der Waals surface area contributed by atoms with Crippen LogP contribution in [-0.2, 0) is 14.3 Å². The number of ether oxygens (including phenoxy) is 1. The minimum Gasteiger partial charge on any atom is -0.460 e. The van der Waals surface area contributed by atoms with Gasteiger partial charge in [-0.05, 0) is 40.3 Å². The molecule has 1 fully saturated rings. The zero-order valence-electron chi connectivity index (χ0n) is 17.9. The number of hydrogen-bond acceptors (Lipinski definition) is 6. The first-order valence-electron chi connectivity index (χ1n) is 10.1. The van der Waals surface area contributed by atoms with Crippen LogP contribution in [0.15, 0.2) is 40.6 Å². The van der Waals surface area contributed by atoms with Crippen LogP contribution in [-0.4, -0.2) is 66.7 Å². The second kappa shape index (κ2) is 8.78. The highest BCUT2D eigenvalue weighted by Crippen LogP contribution is 2.33. The van der Waals surface area contributed by atoms with Crippen molar-refractivity contribution in [1.82, 2.24) is 15.2 Å². The second-order valence-corrected chi connectivity index (χ2v) is 8.04. The van der Waals surface area contributed by atoms with Crippen molar-refractivity contribution in [2.75, 3.05) is 33.2 Å². The van der Waals surface area contributed by atoms with Crippen LogP contribution in [0.5, 0.6) is 0 Å². The molecule has 1 aromatic carbocycles. The van der Waals surface area contributed by atoms with Gasteiger partial charge in [0, 0.05) is 31.9 Å². The van der Waals surface area contributed by atoms with E-state index in [0.29, 0.717) is 30.1 Å². The molecule has 0 aromatic heterocycles. The number of aryl methyl sites for hydroxylation is 1. The van der Waals surface area contributed by atoms with E-state index in [2.05, 4.69) is 15.4 Å². The van der Waals surface area contributed by atoms with Crippen molar-refractivity contribution in [2.24, 2.45) is 5.10 Å². The first-order chi connectivity index (χ1) is 13.8. The van der Waals surface area contributed by atoms with E-state index in [9.17, 15) is 9.59 Å². The molecule has 3 rings (SSSR count). The smallest absolute Gasteiger partial charge is 0.337 e. The van der Waals surface area contributed by atoms with Crippen LogP contribution in [0.2, 0.25) is 0 Å². The largest absolute Gasteiger partial charge is 0.460 e. The van der Waals surface area contributed by atoms with E-state index in [1.807, 2.05) is 57.0 Å². The van der Waals surface area contributed by atoms with Crippen LogP contribution in [0.3, 0.4) is 0 Å². The van der Waals surface area contributed by atoms with Crippen molar-refractivity contribution in [1.29, 1.82) is 0 Å². The molecule has 1 saturated heterocycles. The number of hydrogen-bond donors (Lipinski definition) is 1. The fourth-order valence-electron chi connectivity index (χ4n) is 3.69. The predicted molar refractivity (Wildman–Crippen MR) is 112 cm³/mol. The molecule has 0 spiro atoms. The lowest BCUT2D eigenvalue weighted by atomic mass is 9.83. The summed E-state index contributed by atoms with van der Waals surface area (Å²) in [5, 5.41) is 4.40. The first kappa shape index (κ1) is 21.0. The molecular formula is C22H30N4O3. The van der Waals surface area contributed by atoms with Crippen molar-refractivity contribution in [3.05, 3.63) is 46.7 Å². The summed E-state index contributed by atoms with van der Waals surface area (Å²) in [6, 6.07) is 7.86. The number of carbonyl (C=O) groups excluding carboxylic acids is 2. The van der Waals surface area contributed by atoms with E-state index in [1.54, 1.807) is 6.92 Å². The van der Waals surface area contributed by atoms with Crippen LogP contribution in [0.25, 0.3) is 0 Å². The van der Waals surface area contributed by atoms with Crippen LogP contribution >= 0.6 is 0 Å². The Labute approximate surface area is 172 Å². The SMILES string of the molecule is CC1=C(C(=O)OC(C)C)C(c2cccc(C)c2)C(C(=O)N2CCN(C)CC2)=NN1. The summed E-state index contributed by atoms with van der Waals surface area (Å²) in [4.78, 5) is 30.4. The lowest BCUT2D eigenvalue weighted by Crippen LogP contribution is -2.51. The highest BCUT2D eigenvalue weighted by atomic mass is 16.5. The molecule has 1 atom stereocenters. The number of rotatable bonds is 4. The lowest BCUT2D eigenvalue weighted by Gasteiger charge is -2.35. The molecule has 7 nitrogen and oxygen atoms in total. The third-order valence-electron chi connectivity index (χ3n) is 5.26. The average molecular weight is 399 g/mol. The average Bonchev–Trinajstić information content (AvgIpc) is 2.67. The molecule has 2 aliphatic rings. The Hall–Kier alpha value is -2.67. The molecule has 1 unspecified atom stereocenters. The molecule has 29 heavy (non-hydrogen) atoms. The van der Waals surface area contributed by atoms with E-state index < -0.39 is 11.9 Å². The molecule has 0 aliphatic carbocycles. The Bertz CT molecular complexity index is 851. The maximum Gasteiger partial charge on any atom is 0.337 e. The van der Waals surface area contributed by atoms with Gasteiger partial charge < -0.3 is 14.5 Å². The van der Waals surface area contributed by atoms with E-state index >= 15 is 0 Å². The van der Waals surface area contributed by atoms with Crippen molar-refractivity contribution >= 4 is 17.6 Å². The maximum atomic E-state index is 13.4. The summed E-state index contributed by atoms with van der Waals surface area (Å²) in [6.07, 6.45) is -0.253. The highest BCUT2D eigenvalue weighted by Gasteiger charge is 2.39. The van der Waals surface area contributed by atoms with Crippen molar-refractivity contribution in [2.45, 2.75) is 39.7 Å². The monoisotopic (exact) mass is 398 g/mol. The summed E-state index contributed by atoms with van der Waals surface area (Å²) >= 11 is 0. The van der Waals surface area contributed by atoms with Crippen molar-refractivity contribution in [3.8, 4) is 0 Å². The maximum absolute atomic E-state index is 13.4. The van der Waals surface area contributed by atoms with Crippen LogP contribution < -0.4 is 5.43 Å². The molecule has 2 aliphatic heterocycles. The Balaban J connectivity index is 2.01. The quantitative estimate of drug-likeness (QED) is 0.786. The molecule has 0 saturated carbocycles. The Kier molecular flexibility index (Phi) is 6.37. The molecule has 156 valence electrons. The summed E-state index contributed by atoms with van der Waals surface area (Å²) in [5.74, 6) is -1.12. The molecular weight excluding hydrogens is 368 g/mol. The van der Waals surface area contributed by atoms with Crippen LogP contribution in [0.4, 0.5) is 0 Å². The number of hydrazone groups is 1. The minimum atomic E-state index is -0.561. The number of esters is 1. The van der Waals surface area contributed by atoms with E-state index in [1.165, 1.54) is 0 Å². The van der Waals surface area contributed by atoms with Gasteiger partial charge in [-0.1, -0.05) is 29.8 Å². The topological polar surface area (TPSA) is 74.2 Å². The summed E-state index contributed by atoms with van der Waals surface area (Å²) in [6.45, 7) is 10.3. The van der Waals surface area contributed by atoms with Gasteiger partial charge in [-0.2, -0.15) is 5.10 Å². The minimum absolute atomic E-state index is 0.139. The molecule has 0 bridgehead atoms. The van der Waals surface area contributed by atoms with Gasteiger partial charge in [-0.25, -0.2) is 4.79 Å². The number of nitrogens with zero attached hydrogens (tertiary/aromatic N) is 3. The fourth-order valence-corrected chi connectivity index (χ4v) is 3.69. The Morgan fingerprint density at radius 2 is 1.86 bits per heavy atom. The molecule has 1 aromatic rings. The summed E-state index contributed by atoms with van der Waals surface area (Å²) < 4.78 is 5.51. The van der Waals surface area contributed by atoms with Gasteiger partial charge in [0.05, 0.1) is 17.6 Å². The molecule has 2 heterocycles. The van der Waals surface area contributed by atoms with Gasteiger partial charge >= 0.3 is 5.97 Å². The van der Waals surface area contributed by atoms with Crippen molar-refractivity contribution < 1.29 is 14.3 Å². The van der Waals surface area contributed by atoms with E-state index in [-0.39, 0.29) is 12.0 Å². The molecule has 1 N–H and O–H groups in total. The molecule has 1 amide bonds. The Morgan fingerprint density at radius 3 is 2.48 bits per heavy atom. The number of likely N-dealkylation sites (N-methyl/N-ethyl adjacent to an activating group) is 1. The third kappa shape index (κ3) is 4.67. The number of nitrogens with one attached hydrogen (secondary N) is 1. The van der Waals surface area contributed by atoms with Crippen LogP contribution in [0, 0.1) is 6.92 Å². The molecule has 0 radical (unpaired) electrons. The van der Waals surface area contributed by atoms with E-state index in [0.717, 1.165) is 24.2 Å². The van der Waals surface area contributed by atoms with Gasteiger partial charge in [0.15, 0.2) is 0 Å². The zero-order valence-corrected chi connectivity index (χ0v) is 17.9. The van der Waals surface area contributed by atoms with Gasteiger partial charge in [0.25, 0.3) is 5.91 Å². The normalized spacial score (nSPS) is 20.4. The number of amides is 1. The lowest BCUT2D eigenvalue weighted by molar-refractivity contribution is -0.142. The molecule has 7 heteroatoms. The predicted octanol–water partition coefficient (Wildman–Crippen LogP) is 2.04. The third-order valence-corrected chi connectivity index (χ3v) is 5.26. The fraction of sp³-hybridized carbons (Fsp3) is 0.500. The Morgan fingerprint density at radius 1 is 1.17 bits per heavy atom. The first-order valence-corrected chi connectivity index (χ1v) is 10.1. The zero-order chi connectivity index (χ0) is 21.1. The summed E-state index contributed by atoms with van der Waals surface area (Å²) in [7, 11) is 2.04. The number of benzene rings is 1. The van der Waals surface area contributed by atoms with Gasteiger partial charge in [0.2, 0.25) is 0 Å². The highest BCUT2D eigenvalue weighted by molar-refractivity contribution is 6.42. The standard InChI is InChI=1S/C22H30N4O3/c1-14(2)29-22(28)18-16(4)23-24-20(19(18)17-8-6-7-15(3)13-17)21(27)26-11-9-25(5)10-12-26/h6-8,13-14,19,23H,9-12H2,1-5H3. The van der Waals surface area contributed by atoms with Gasteiger partial charge in [-0.3, -0.25) is 10.2 Å². The number of carbonyl (C=O) groups is 2. The summed E-state index contributed by atoms with van der Waals surface area (Å²) in [5.41, 5.74) is 6.19. The van der Waals surface area contributed by atoms with Crippen LogP contribution in [0.1, 0.15) is 37.8 Å². The number of allylic oxidation sites excluding steroid dienone is 1. The number of piperazine rings is 1. The van der Waals surface area contributed by atoms with E-state index in [4.69, 9.17) is 4.74 Å². The second-order valence-electron chi connectivity index (χ2n) is 8.04. The van der Waals surface area contributed by atoms with Gasteiger partial charge in [-0.15, -0.1) is 0 Å².